The second-order valence-electron chi connectivity index (χ2n) is 4.90. The minimum atomic E-state index is -0.690. The molecule has 1 fully saturated rings. The number of hydrogen-bond donors (Lipinski definition) is 2. The van der Waals surface area contributed by atoms with Crippen molar-refractivity contribution in [3.63, 3.8) is 0 Å². The van der Waals surface area contributed by atoms with Crippen LogP contribution in [0.15, 0.2) is 12.4 Å². The van der Waals surface area contributed by atoms with Crippen LogP contribution in [-0.2, 0) is 16.6 Å². The Balaban J connectivity index is 1.95. The third-order valence-corrected chi connectivity index (χ3v) is 3.26. The molecule has 0 aromatic carbocycles. The Kier molecular flexibility index (Phi) is 3.84. The van der Waals surface area contributed by atoms with E-state index in [0.717, 1.165) is 6.42 Å². The van der Waals surface area contributed by atoms with Gasteiger partial charge in [-0.15, -0.1) is 0 Å². The molecule has 0 aliphatic carbocycles. The zero-order chi connectivity index (χ0) is 14.0. The summed E-state index contributed by atoms with van der Waals surface area (Å²) >= 11 is 0. The van der Waals surface area contributed by atoms with Crippen LogP contribution in [0.4, 0.5) is 0 Å². The van der Waals surface area contributed by atoms with E-state index >= 15 is 0 Å². The second kappa shape index (κ2) is 5.40. The Bertz CT molecular complexity index is 484. The largest absolute Gasteiger partial charge is 0.352 e. The van der Waals surface area contributed by atoms with E-state index in [4.69, 9.17) is 5.73 Å². The Morgan fingerprint density at radius 2 is 2.32 bits per heavy atom. The lowest BCUT2D eigenvalue weighted by Gasteiger charge is -2.20. The number of carbonyl (C=O) groups is 2. The van der Waals surface area contributed by atoms with E-state index in [-0.39, 0.29) is 17.9 Å². The molecule has 1 saturated heterocycles. The number of nitrogens with one attached hydrogen (secondary N) is 1. The van der Waals surface area contributed by atoms with Crippen LogP contribution in [0.1, 0.15) is 24.9 Å². The number of likely N-dealkylation sites (tertiary alicyclic amines) is 1. The first-order valence-corrected chi connectivity index (χ1v) is 6.27. The van der Waals surface area contributed by atoms with Gasteiger partial charge >= 0.3 is 0 Å². The van der Waals surface area contributed by atoms with Crippen LogP contribution in [0, 0.1) is 0 Å². The smallest absolute Gasteiger partial charge is 0.244 e. The number of nitrogens with zero attached hydrogens (tertiary/aromatic N) is 3. The van der Waals surface area contributed by atoms with Crippen LogP contribution in [0.2, 0.25) is 0 Å². The van der Waals surface area contributed by atoms with E-state index < -0.39 is 6.04 Å². The Morgan fingerprint density at radius 3 is 2.89 bits per heavy atom. The van der Waals surface area contributed by atoms with E-state index in [1.54, 1.807) is 29.0 Å². The van der Waals surface area contributed by atoms with Gasteiger partial charge in [0, 0.05) is 44.9 Å². The van der Waals surface area contributed by atoms with Gasteiger partial charge in [-0.3, -0.25) is 14.3 Å². The van der Waals surface area contributed by atoms with Crippen molar-refractivity contribution in [3.8, 4) is 0 Å². The van der Waals surface area contributed by atoms with Crippen molar-refractivity contribution in [1.29, 1.82) is 0 Å². The molecule has 2 amide bonds. The standard InChI is InChI=1S/C12H19N5O2/c1-8(18)15-10-3-4-17(7-10)12(19)11(13)9-5-14-16(2)6-9/h5-6,10-11H,3-4,7,13H2,1-2H3,(H,15,18). The lowest BCUT2D eigenvalue weighted by atomic mass is 10.1. The normalized spacial score (nSPS) is 20.4. The molecule has 7 nitrogen and oxygen atoms in total. The summed E-state index contributed by atoms with van der Waals surface area (Å²) in [5.41, 5.74) is 6.65. The maximum atomic E-state index is 12.2. The molecule has 2 unspecified atom stereocenters. The fraction of sp³-hybridized carbons (Fsp3) is 0.583. The summed E-state index contributed by atoms with van der Waals surface area (Å²) in [5.74, 6) is -0.197. The summed E-state index contributed by atoms with van der Waals surface area (Å²) < 4.78 is 1.62. The minimum absolute atomic E-state index is 0.0301. The predicted octanol–water partition coefficient (Wildman–Crippen LogP) is -0.843. The average Bonchev–Trinajstić information content (AvgIpc) is 2.95. The van der Waals surface area contributed by atoms with Crippen molar-refractivity contribution < 1.29 is 9.59 Å². The number of hydrogen-bond acceptors (Lipinski definition) is 4. The molecule has 0 radical (unpaired) electrons. The first-order chi connectivity index (χ1) is 8.97. The lowest BCUT2D eigenvalue weighted by Crippen LogP contribution is -2.40. The molecule has 7 heteroatoms. The highest BCUT2D eigenvalue weighted by atomic mass is 16.2. The summed E-state index contributed by atoms with van der Waals surface area (Å²) in [7, 11) is 1.78. The molecular weight excluding hydrogens is 246 g/mol. The van der Waals surface area contributed by atoms with Gasteiger partial charge in [0.1, 0.15) is 6.04 Å². The van der Waals surface area contributed by atoms with Crippen molar-refractivity contribution in [1.82, 2.24) is 20.0 Å². The van der Waals surface area contributed by atoms with Gasteiger partial charge in [-0.05, 0) is 6.42 Å². The number of aromatic nitrogens is 2. The topological polar surface area (TPSA) is 93.2 Å². The maximum Gasteiger partial charge on any atom is 0.244 e. The summed E-state index contributed by atoms with van der Waals surface area (Å²) in [5, 5.41) is 6.83. The SMILES string of the molecule is CC(=O)NC1CCN(C(=O)C(N)c2cnn(C)c2)C1. The molecule has 104 valence electrons. The number of aryl methyl sites for hydroxylation is 1. The number of carbonyl (C=O) groups excluding carboxylic acids is 2. The third-order valence-electron chi connectivity index (χ3n) is 3.26. The zero-order valence-corrected chi connectivity index (χ0v) is 11.2. The van der Waals surface area contributed by atoms with Crippen LogP contribution in [0.3, 0.4) is 0 Å². The highest BCUT2D eigenvalue weighted by molar-refractivity contribution is 5.83. The van der Waals surface area contributed by atoms with Gasteiger partial charge in [0.05, 0.1) is 6.20 Å². The highest BCUT2D eigenvalue weighted by Crippen LogP contribution is 2.17. The summed E-state index contributed by atoms with van der Waals surface area (Å²) in [6.07, 6.45) is 4.11. The van der Waals surface area contributed by atoms with E-state index in [1.165, 1.54) is 6.92 Å². The fourth-order valence-corrected chi connectivity index (χ4v) is 2.31. The zero-order valence-electron chi connectivity index (χ0n) is 11.2. The first-order valence-electron chi connectivity index (χ1n) is 6.27. The van der Waals surface area contributed by atoms with Crippen molar-refractivity contribution in [3.05, 3.63) is 18.0 Å². The van der Waals surface area contributed by atoms with Crippen LogP contribution < -0.4 is 11.1 Å². The molecule has 0 spiro atoms. The number of rotatable bonds is 3. The van der Waals surface area contributed by atoms with Crippen LogP contribution >= 0.6 is 0 Å². The highest BCUT2D eigenvalue weighted by Gasteiger charge is 2.30. The van der Waals surface area contributed by atoms with Crippen LogP contribution in [0.5, 0.6) is 0 Å². The predicted molar refractivity (Wildman–Crippen MR) is 68.9 cm³/mol. The minimum Gasteiger partial charge on any atom is -0.352 e. The van der Waals surface area contributed by atoms with Gasteiger partial charge in [-0.1, -0.05) is 0 Å². The van der Waals surface area contributed by atoms with Crippen molar-refractivity contribution in [2.45, 2.75) is 25.4 Å². The maximum absolute atomic E-state index is 12.2. The monoisotopic (exact) mass is 265 g/mol. The van der Waals surface area contributed by atoms with Crippen molar-refractivity contribution >= 4 is 11.8 Å². The summed E-state index contributed by atoms with van der Waals surface area (Å²) in [4.78, 5) is 24.9. The lowest BCUT2D eigenvalue weighted by molar-refractivity contribution is -0.132. The van der Waals surface area contributed by atoms with Gasteiger partial charge in [0.15, 0.2) is 0 Å². The third kappa shape index (κ3) is 3.11. The number of amides is 2. The van der Waals surface area contributed by atoms with Gasteiger partial charge in [0.25, 0.3) is 0 Å². The second-order valence-corrected chi connectivity index (χ2v) is 4.90. The first kappa shape index (κ1) is 13.5. The molecule has 1 aromatic rings. The molecule has 1 aliphatic heterocycles. The van der Waals surface area contributed by atoms with E-state index in [0.29, 0.717) is 18.7 Å². The Morgan fingerprint density at radius 1 is 1.58 bits per heavy atom. The molecule has 2 heterocycles. The molecule has 1 aromatic heterocycles. The molecule has 0 bridgehead atoms. The van der Waals surface area contributed by atoms with Gasteiger partial charge in [0.2, 0.25) is 11.8 Å². The average molecular weight is 265 g/mol. The molecule has 0 saturated carbocycles. The number of nitrogens with two attached hydrogens (primary N) is 1. The van der Waals surface area contributed by atoms with Crippen molar-refractivity contribution in [2.75, 3.05) is 13.1 Å². The van der Waals surface area contributed by atoms with Gasteiger partial charge < -0.3 is 16.0 Å². The molecule has 2 rings (SSSR count). The Labute approximate surface area is 111 Å². The van der Waals surface area contributed by atoms with Crippen LogP contribution in [0.25, 0.3) is 0 Å². The van der Waals surface area contributed by atoms with Gasteiger partial charge in [-0.2, -0.15) is 5.10 Å². The van der Waals surface area contributed by atoms with E-state index in [9.17, 15) is 9.59 Å². The molecule has 19 heavy (non-hydrogen) atoms. The molecule has 2 atom stereocenters. The van der Waals surface area contributed by atoms with E-state index in [1.807, 2.05) is 0 Å². The fourth-order valence-electron chi connectivity index (χ4n) is 2.31. The molecular formula is C12H19N5O2. The quantitative estimate of drug-likeness (QED) is 0.745. The molecule has 3 N–H and O–H groups in total. The van der Waals surface area contributed by atoms with E-state index in [2.05, 4.69) is 10.4 Å². The van der Waals surface area contributed by atoms with Crippen LogP contribution in [-0.4, -0.2) is 45.6 Å². The summed E-state index contributed by atoms with van der Waals surface area (Å²) in [6, 6.07) is -0.660. The van der Waals surface area contributed by atoms with Crippen molar-refractivity contribution in [2.24, 2.45) is 12.8 Å². The Hall–Kier alpha value is -1.89. The summed E-state index contributed by atoms with van der Waals surface area (Å²) in [6.45, 7) is 2.62. The molecule has 1 aliphatic rings. The van der Waals surface area contributed by atoms with Gasteiger partial charge in [-0.25, -0.2) is 0 Å².